The number of fused-ring (bicyclic) bond motifs is 1. The molecule has 7 heteroatoms. The Bertz CT molecular complexity index is 1360. The number of benzene rings is 3. The minimum atomic E-state index is -0.376. The third kappa shape index (κ3) is 4.00. The Labute approximate surface area is 184 Å². The number of methoxy groups -OCH3 is 2. The van der Waals surface area contributed by atoms with Gasteiger partial charge < -0.3 is 19.7 Å². The first-order chi connectivity index (χ1) is 15.5. The van der Waals surface area contributed by atoms with Crippen LogP contribution in [0.2, 0.25) is 0 Å². The van der Waals surface area contributed by atoms with Crippen LogP contribution in [0.3, 0.4) is 0 Å². The number of H-pyrrole nitrogens is 1. The van der Waals surface area contributed by atoms with Crippen molar-refractivity contribution in [3.05, 3.63) is 82.1 Å². The van der Waals surface area contributed by atoms with Crippen LogP contribution in [-0.2, 0) is 6.54 Å². The van der Waals surface area contributed by atoms with E-state index in [0.29, 0.717) is 27.6 Å². The zero-order chi connectivity index (χ0) is 22.7. The summed E-state index contributed by atoms with van der Waals surface area (Å²) in [6.45, 7) is 0.215. The van der Waals surface area contributed by atoms with Gasteiger partial charge in [-0.15, -0.1) is 0 Å². The molecule has 1 aromatic heterocycles. The summed E-state index contributed by atoms with van der Waals surface area (Å²) in [5.41, 5.74) is 2.64. The first-order valence-electron chi connectivity index (χ1n) is 9.90. The largest absolute Gasteiger partial charge is 0.504 e. The summed E-state index contributed by atoms with van der Waals surface area (Å²) in [6.07, 6.45) is 1.51. The molecule has 0 bridgehead atoms. The van der Waals surface area contributed by atoms with Crippen molar-refractivity contribution >= 4 is 17.0 Å². The number of ether oxygens (including phenoxy) is 2. The summed E-state index contributed by atoms with van der Waals surface area (Å²) in [5.74, 6) is 0.328. The molecule has 3 aromatic carbocycles. The second-order valence-corrected chi connectivity index (χ2v) is 7.16. The maximum Gasteiger partial charge on any atom is 0.258 e. The van der Waals surface area contributed by atoms with Gasteiger partial charge in [0.2, 0.25) is 11.6 Å². The van der Waals surface area contributed by atoms with Gasteiger partial charge in [-0.1, -0.05) is 36.4 Å². The van der Waals surface area contributed by atoms with E-state index in [-0.39, 0.29) is 29.5 Å². The summed E-state index contributed by atoms with van der Waals surface area (Å²) in [6, 6.07) is 18.5. The first-order valence-corrected chi connectivity index (χ1v) is 9.90. The Balaban J connectivity index is 1.73. The normalized spacial score (nSPS) is 11.2. The molecule has 162 valence electrons. The van der Waals surface area contributed by atoms with Crippen LogP contribution in [0.1, 0.15) is 11.1 Å². The third-order valence-electron chi connectivity index (χ3n) is 5.16. The lowest BCUT2D eigenvalue weighted by molar-refractivity contribution is 0.332. The summed E-state index contributed by atoms with van der Waals surface area (Å²) < 4.78 is 10.4. The lowest BCUT2D eigenvalue weighted by Gasteiger charge is -2.11. The number of nitrogens with zero attached hydrogens (tertiary/aromatic N) is 1. The van der Waals surface area contributed by atoms with E-state index in [2.05, 4.69) is 9.98 Å². The van der Waals surface area contributed by atoms with E-state index in [9.17, 15) is 15.0 Å². The molecule has 0 radical (unpaired) electrons. The first kappa shape index (κ1) is 21.0. The number of aromatic nitrogens is 1. The van der Waals surface area contributed by atoms with Crippen LogP contribution in [0.25, 0.3) is 21.9 Å². The predicted octanol–water partition coefficient (Wildman–Crippen LogP) is 4.24. The van der Waals surface area contributed by atoms with E-state index in [1.54, 1.807) is 12.1 Å². The molecule has 0 saturated heterocycles. The predicted molar refractivity (Wildman–Crippen MR) is 124 cm³/mol. The van der Waals surface area contributed by atoms with Crippen LogP contribution >= 0.6 is 0 Å². The molecule has 7 nitrogen and oxygen atoms in total. The number of rotatable bonds is 6. The monoisotopic (exact) mass is 430 g/mol. The SMILES string of the molecule is COc1cc(CN=Cc2c(O)[nH]c(=O)c3ccc(-c4ccccc4)cc23)cc(O)c1OC. The Morgan fingerprint density at radius 2 is 1.72 bits per heavy atom. The van der Waals surface area contributed by atoms with Crippen LogP contribution in [0.5, 0.6) is 23.1 Å². The van der Waals surface area contributed by atoms with E-state index < -0.39 is 0 Å². The number of aromatic hydroxyl groups is 2. The summed E-state index contributed by atoms with van der Waals surface area (Å²) >= 11 is 0. The highest BCUT2D eigenvalue weighted by Gasteiger charge is 2.13. The lowest BCUT2D eigenvalue weighted by atomic mass is 10.00. The molecule has 0 aliphatic rings. The molecule has 0 amide bonds. The number of aromatic amines is 1. The summed E-state index contributed by atoms with van der Waals surface area (Å²) in [5, 5.41) is 21.6. The van der Waals surface area contributed by atoms with Crippen molar-refractivity contribution in [2.45, 2.75) is 6.54 Å². The molecule has 4 aromatic rings. The van der Waals surface area contributed by atoms with Crippen molar-refractivity contribution in [3.63, 3.8) is 0 Å². The van der Waals surface area contributed by atoms with Gasteiger partial charge >= 0.3 is 0 Å². The molecule has 0 fully saturated rings. The zero-order valence-corrected chi connectivity index (χ0v) is 17.6. The van der Waals surface area contributed by atoms with E-state index in [1.165, 1.54) is 26.5 Å². The fourth-order valence-corrected chi connectivity index (χ4v) is 3.61. The highest BCUT2D eigenvalue weighted by Crippen LogP contribution is 2.37. The summed E-state index contributed by atoms with van der Waals surface area (Å²) in [4.78, 5) is 19.2. The van der Waals surface area contributed by atoms with Gasteiger partial charge in [-0.3, -0.25) is 14.8 Å². The Morgan fingerprint density at radius 3 is 2.44 bits per heavy atom. The van der Waals surface area contributed by atoms with E-state index >= 15 is 0 Å². The number of phenolic OH excluding ortho intramolecular Hbond substituents is 1. The summed E-state index contributed by atoms with van der Waals surface area (Å²) in [7, 11) is 2.93. The van der Waals surface area contributed by atoms with Crippen molar-refractivity contribution in [2.75, 3.05) is 14.2 Å². The van der Waals surface area contributed by atoms with E-state index in [0.717, 1.165) is 11.1 Å². The van der Waals surface area contributed by atoms with Gasteiger partial charge in [-0.25, -0.2) is 0 Å². The number of hydrogen-bond acceptors (Lipinski definition) is 6. The highest BCUT2D eigenvalue weighted by molar-refractivity contribution is 6.02. The van der Waals surface area contributed by atoms with Crippen molar-refractivity contribution in [2.24, 2.45) is 4.99 Å². The van der Waals surface area contributed by atoms with Crippen LogP contribution < -0.4 is 15.0 Å². The average Bonchev–Trinajstić information content (AvgIpc) is 2.81. The average molecular weight is 430 g/mol. The molecule has 0 unspecified atom stereocenters. The van der Waals surface area contributed by atoms with Crippen molar-refractivity contribution in [1.29, 1.82) is 0 Å². The quantitative estimate of drug-likeness (QED) is 0.397. The standard InChI is InChI=1S/C25H22N2O5/c1-31-22-11-15(10-21(28)23(22)32-2)13-26-14-20-19-12-17(16-6-4-3-5-7-16)8-9-18(19)24(29)27-25(20)30/h3-12,14,28H,13H2,1-2H3,(H2,27,29,30). The highest BCUT2D eigenvalue weighted by atomic mass is 16.5. The molecule has 32 heavy (non-hydrogen) atoms. The number of aliphatic imine (C=N–C) groups is 1. The number of phenols is 1. The van der Waals surface area contributed by atoms with Gasteiger partial charge in [0.1, 0.15) is 0 Å². The van der Waals surface area contributed by atoms with Gasteiger partial charge in [0.25, 0.3) is 5.56 Å². The third-order valence-corrected chi connectivity index (χ3v) is 5.16. The number of nitrogens with one attached hydrogen (secondary N) is 1. The molecule has 0 atom stereocenters. The van der Waals surface area contributed by atoms with E-state index in [4.69, 9.17) is 9.47 Å². The molecule has 0 saturated carbocycles. The molecule has 0 aliphatic carbocycles. The molecule has 0 aliphatic heterocycles. The smallest absolute Gasteiger partial charge is 0.258 e. The van der Waals surface area contributed by atoms with Gasteiger partial charge in [0.15, 0.2) is 11.5 Å². The van der Waals surface area contributed by atoms with E-state index in [1.807, 2.05) is 42.5 Å². The molecular weight excluding hydrogens is 408 g/mol. The molecule has 3 N–H and O–H groups in total. The molecule has 0 spiro atoms. The van der Waals surface area contributed by atoms with Crippen LogP contribution in [-0.4, -0.2) is 35.6 Å². The second-order valence-electron chi connectivity index (χ2n) is 7.16. The Morgan fingerprint density at radius 1 is 0.938 bits per heavy atom. The van der Waals surface area contributed by atoms with Crippen molar-refractivity contribution in [3.8, 4) is 34.3 Å². The number of hydrogen-bond donors (Lipinski definition) is 3. The fraction of sp³-hybridized carbons (Fsp3) is 0.120. The topological polar surface area (TPSA) is 104 Å². The maximum absolute atomic E-state index is 12.3. The van der Waals surface area contributed by atoms with Crippen LogP contribution in [0.15, 0.2) is 70.5 Å². The maximum atomic E-state index is 12.3. The van der Waals surface area contributed by atoms with Crippen molar-refractivity contribution < 1.29 is 19.7 Å². The Hall–Kier alpha value is -4.26. The zero-order valence-electron chi connectivity index (χ0n) is 17.6. The molecule has 1 heterocycles. The van der Waals surface area contributed by atoms with Crippen molar-refractivity contribution in [1.82, 2.24) is 4.98 Å². The number of pyridine rings is 1. The van der Waals surface area contributed by atoms with Crippen LogP contribution in [0, 0.1) is 0 Å². The molecular formula is C25H22N2O5. The minimum Gasteiger partial charge on any atom is -0.504 e. The lowest BCUT2D eigenvalue weighted by Crippen LogP contribution is -2.08. The molecule has 4 rings (SSSR count). The fourth-order valence-electron chi connectivity index (χ4n) is 3.61. The van der Waals surface area contributed by atoms with Gasteiger partial charge in [-0.05, 0) is 41.0 Å². The Kier molecular flexibility index (Phi) is 5.81. The van der Waals surface area contributed by atoms with Gasteiger partial charge in [0, 0.05) is 17.0 Å². The second kappa shape index (κ2) is 8.85. The van der Waals surface area contributed by atoms with Gasteiger partial charge in [0.05, 0.1) is 26.3 Å². The minimum absolute atomic E-state index is 0.0538. The van der Waals surface area contributed by atoms with Gasteiger partial charge in [-0.2, -0.15) is 0 Å². The van der Waals surface area contributed by atoms with Crippen LogP contribution in [0.4, 0.5) is 0 Å².